The van der Waals surface area contributed by atoms with Crippen LogP contribution in [0.1, 0.15) is 99.3 Å². The largest absolute Gasteiger partial charge is 0.363 e. The first kappa shape index (κ1) is 31.3. The van der Waals surface area contributed by atoms with E-state index in [-0.39, 0.29) is 53.1 Å². The van der Waals surface area contributed by atoms with Crippen molar-refractivity contribution in [3.63, 3.8) is 0 Å². The molecular formula is C31H51N5O5. The lowest BCUT2D eigenvalue weighted by Crippen LogP contribution is -2.61. The van der Waals surface area contributed by atoms with Gasteiger partial charge in [-0.15, -0.1) is 0 Å². The fourth-order valence-corrected chi connectivity index (χ4v) is 7.84. The van der Waals surface area contributed by atoms with Gasteiger partial charge in [-0.1, -0.05) is 52.4 Å². The van der Waals surface area contributed by atoms with E-state index < -0.39 is 35.7 Å². The standard InChI is InChI=1S/C31H51N5O5/c1-17(2)36(18(3)4)30(41)34-24(20-13-8-7-9-14-20)29(40)35-16-21-23(31(21,5)6)25(35)28(39)33-22(26(37)27(32)38)15-19-11-10-12-19/h17-25H,7-16H2,1-6H3,(H2,32,38)(H,33,39)(H,34,41)/t21?,22?,23?,24-,25-/m0/s1. The molecule has 10 nitrogen and oxygen atoms in total. The van der Waals surface area contributed by atoms with Gasteiger partial charge in [-0.3, -0.25) is 19.2 Å². The molecule has 3 unspecified atom stereocenters. The number of fused-ring (bicyclic) bond motifs is 1. The maximum absolute atomic E-state index is 14.4. The number of nitrogens with two attached hydrogens (primary N) is 1. The van der Waals surface area contributed by atoms with Crippen molar-refractivity contribution in [2.45, 2.75) is 130 Å². The van der Waals surface area contributed by atoms with Crippen LogP contribution in [0, 0.1) is 29.1 Å². The van der Waals surface area contributed by atoms with E-state index in [1.807, 2.05) is 27.7 Å². The summed E-state index contributed by atoms with van der Waals surface area (Å²) in [7, 11) is 0. The normalized spacial score (nSPS) is 27.0. The van der Waals surface area contributed by atoms with E-state index in [0.717, 1.165) is 51.4 Å². The molecule has 3 aliphatic carbocycles. The molecule has 10 heteroatoms. The van der Waals surface area contributed by atoms with Gasteiger partial charge in [0.25, 0.3) is 5.91 Å². The molecular weight excluding hydrogens is 522 g/mol. The summed E-state index contributed by atoms with van der Waals surface area (Å²) in [6.07, 6.45) is 8.17. The number of ketones is 1. The number of carbonyl (C=O) groups excluding carboxylic acids is 5. The first-order valence-electron chi connectivity index (χ1n) is 15.8. The molecule has 41 heavy (non-hydrogen) atoms. The first-order chi connectivity index (χ1) is 19.2. The average Bonchev–Trinajstić information content (AvgIpc) is 3.20. The number of hydrogen-bond donors (Lipinski definition) is 3. The van der Waals surface area contributed by atoms with Gasteiger partial charge in [0.15, 0.2) is 0 Å². The minimum atomic E-state index is -1.06. The Hall–Kier alpha value is -2.65. The van der Waals surface area contributed by atoms with Crippen molar-refractivity contribution in [2.75, 3.05) is 6.54 Å². The number of rotatable bonds is 11. The van der Waals surface area contributed by atoms with Crippen LogP contribution in [-0.4, -0.2) is 76.1 Å². The van der Waals surface area contributed by atoms with E-state index in [1.54, 1.807) is 9.80 Å². The second-order valence-corrected chi connectivity index (χ2v) is 14.1. The minimum Gasteiger partial charge on any atom is -0.363 e. The molecule has 4 N–H and O–H groups in total. The van der Waals surface area contributed by atoms with E-state index >= 15 is 0 Å². The van der Waals surface area contributed by atoms with Crippen molar-refractivity contribution in [1.82, 2.24) is 20.4 Å². The number of primary amides is 1. The molecule has 5 atom stereocenters. The van der Waals surface area contributed by atoms with E-state index in [1.165, 1.54) is 0 Å². The van der Waals surface area contributed by atoms with Crippen molar-refractivity contribution < 1.29 is 24.0 Å². The molecule has 1 heterocycles. The molecule has 0 aromatic carbocycles. The summed E-state index contributed by atoms with van der Waals surface area (Å²) in [5.74, 6) is -2.10. The van der Waals surface area contributed by atoms with Gasteiger partial charge < -0.3 is 26.2 Å². The molecule has 0 radical (unpaired) electrons. The van der Waals surface area contributed by atoms with Crippen LogP contribution >= 0.6 is 0 Å². The van der Waals surface area contributed by atoms with Crippen molar-refractivity contribution >= 4 is 29.5 Å². The van der Waals surface area contributed by atoms with Gasteiger partial charge in [0, 0.05) is 18.6 Å². The number of amides is 5. The van der Waals surface area contributed by atoms with Crippen molar-refractivity contribution in [2.24, 2.45) is 34.8 Å². The molecule has 4 rings (SSSR count). The van der Waals surface area contributed by atoms with Crippen LogP contribution in [0.15, 0.2) is 0 Å². The number of likely N-dealkylation sites (tertiary alicyclic amines) is 1. The highest BCUT2D eigenvalue weighted by Crippen LogP contribution is 2.65. The topological polar surface area (TPSA) is 142 Å². The van der Waals surface area contributed by atoms with Crippen LogP contribution < -0.4 is 16.4 Å². The molecule has 4 fully saturated rings. The zero-order chi connectivity index (χ0) is 30.2. The molecule has 5 amide bonds. The Morgan fingerprint density at radius 3 is 2.02 bits per heavy atom. The maximum Gasteiger partial charge on any atom is 0.318 e. The minimum absolute atomic E-state index is 0.00201. The fourth-order valence-electron chi connectivity index (χ4n) is 7.84. The summed E-state index contributed by atoms with van der Waals surface area (Å²) in [6, 6.07) is -2.81. The summed E-state index contributed by atoms with van der Waals surface area (Å²) >= 11 is 0. The third-order valence-electron chi connectivity index (χ3n) is 10.4. The molecule has 0 aromatic rings. The number of piperidine rings is 1. The summed E-state index contributed by atoms with van der Waals surface area (Å²) in [5.41, 5.74) is 5.22. The predicted molar refractivity (Wildman–Crippen MR) is 155 cm³/mol. The van der Waals surface area contributed by atoms with E-state index in [4.69, 9.17) is 5.73 Å². The maximum atomic E-state index is 14.4. The molecule has 0 spiro atoms. The van der Waals surface area contributed by atoms with Crippen LogP contribution in [0.3, 0.4) is 0 Å². The van der Waals surface area contributed by atoms with E-state index in [9.17, 15) is 24.0 Å². The number of carbonyl (C=O) groups is 5. The Kier molecular flexibility index (Phi) is 9.38. The van der Waals surface area contributed by atoms with Gasteiger partial charge in [0.2, 0.25) is 17.6 Å². The van der Waals surface area contributed by atoms with Gasteiger partial charge in [-0.05, 0) is 76.0 Å². The Balaban J connectivity index is 1.58. The Morgan fingerprint density at radius 1 is 0.902 bits per heavy atom. The van der Waals surface area contributed by atoms with E-state index in [2.05, 4.69) is 24.5 Å². The van der Waals surface area contributed by atoms with Crippen LogP contribution in [0.25, 0.3) is 0 Å². The highest BCUT2D eigenvalue weighted by molar-refractivity contribution is 6.37. The molecule has 1 aliphatic heterocycles. The van der Waals surface area contributed by atoms with Gasteiger partial charge in [0.1, 0.15) is 12.1 Å². The molecule has 0 aromatic heterocycles. The smallest absolute Gasteiger partial charge is 0.318 e. The molecule has 230 valence electrons. The third kappa shape index (κ3) is 6.41. The predicted octanol–water partition coefficient (Wildman–Crippen LogP) is 2.98. The summed E-state index contributed by atoms with van der Waals surface area (Å²) in [4.78, 5) is 69.7. The van der Waals surface area contributed by atoms with Crippen LogP contribution in [0.2, 0.25) is 0 Å². The Bertz CT molecular complexity index is 1020. The first-order valence-corrected chi connectivity index (χ1v) is 15.8. The van der Waals surface area contributed by atoms with Gasteiger partial charge in [-0.2, -0.15) is 0 Å². The van der Waals surface area contributed by atoms with Crippen molar-refractivity contribution in [1.29, 1.82) is 0 Å². The molecule has 0 bridgehead atoms. The van der Waals surface area contributed by atoms with E-state index in [0.29, 0.717) is 13.0 Å². The fraction of sp³-hybridized carbons (Fsp3) is 0.839. The monoisotopic (exact) mass is 573 g/mol. The number of hydrogen-bond acceptors (Lipinski definition) is 5. The number of nitrogens with zero attached hydrogens (tertiary/aromatic N) is 2. The summed E-state index contributed by atoms with van der Waals surface area (Å²) in [5, 5.41) is 5.95. The second kappa shape index (κ2) is 12.3. The lowest BCUT2D eigenvalue weighted by Gasteiger charge is -2.39. The lowest BCUT2D eigenvalue weighted by atomic mass is 9.80. The summed E-state index contributed by atoms with van der Waals surface area (Å²) in [6.45, 7) is 12.5. The Morgan fingerprint density at radius 2 is 1.51 bits per heavy atom. The number of Topliss-reactive ketones (excluding diaryl/α,β-unsaturated/α-hetero) is 1. The quantitative estimate of drug-likeness (QED) is 0.326. The lowest BCUT2D eigenvalue weighted by molar-refractivity contribution is -0.144. The third-order valence-corrected chi connectivity index (χ3v) is 10.4. The SMILES string of the molecule is CC(C)N(C(=O)N[C@H](C(=O)N1CC2C([C@H]1C(=O)NC(CC1CCC1)C(=O)C(N)=O)C2(C)C)C1CCCCC1)C(C)C. The highest BCUT2D eigenvalue weighted by Gasteiger charge is 2.69. The highest BCUT2D eigenvalue weighted by atomic mass is 16.2. The molecule has 3 saturated carbocycles. The molecule has 4 aliphatic rings. The van der Waals surface area contributed by atoms with Gasteiger partial charge in [0.05, 0.1) is 6.04 Å². The number of urea groups is 1. The molecule has 1 saturated heterocycles. The van der Waals surface area contributed by atoms with Gasteiger partial charge in [-0.25, -0.2) is 4.79 Å². The summed E-state index contributed by atoms with van der Waals surface area (Å²) < 4.78 is 0. The van der Waals surface area contributed by atoms with Crippen LogP contribution in [-0.2, 0) is 19.2 Å². The van der Waals surface area contributed by atoms with Crippen LogP contribution in [0.4, 0.5) is 4.79 Å². The van der Waals surface area contributed by atoms with Crippen molar-refractivity contribution in [3.8, 4) is 0 Å². The average molecular weight is 574 g/mol. The number of nitrogens with one attached hydrogen (secondary N) is 2. The zero-order valence-corrected chi connectivity index (χ0v) is 25.8. The van der Waals surface area contributed by atoms with Crippen LogP contribution in [0.5, 0.6) is 0 Å². The van der Waals surface area contributed by atoms with Crippen molar-refractivity contribution in [3.05, 3.63) is 0 Å². The Labute approximate surface area is 244 Å². The second-order valence-electron chi connectivity index (χ2n) is 14.1. The zero-order valence-electron chi connectivity index (χ0n) is 25.8. The van der Waals surface area contributed by atoms with Gasteiger partial charge >= 0.3 is 6.03 Å².